The van der Waals surface area contributed by atoms with Gasteiger partial charge in [-0.15, -0.1) is 6.58 Å². The van der Waals surface area contributed by atoms with Crippen molar-refractivity contribution < 1.29 is 29.2 Å². The first kappa shape index (κ1) is 22.6. The summed E-state index contributed by atoms with van der Waals surface area (Å²) in [5.74, 6) is 0. The van der Waals surface area contributed by atoms with Crippen LogP contribution in [0, 0.1) is 0 Å². The first-order valence-electron chi connectivity index (χ1n) is 10.1. The molecule has 0 radical (unpaired) electrons. The fourth-order valence-corrected chi connectivity index (χ4v) is 3.23. The summed E-state index contributed by atoms with van der Waals surface area (Å²) in [7, 11) is 0. The Morgan fingerprint density at radius 3 is 2.17 bits per heavy atom. The third-order valence-corrected chi connectivity index (χ3v) is 5.00. The molecule has 1 saturated heterocycles. The zero-order valence-electron chi connectivity index (χ0n) is 17.2. The molecule has 0 aliphatic carbocycles. The van der Waals surface area contributed by atoms with Gasteiger partial charge in [0.25, 0.3) is 0 Å². The van der Waals surface area contributed by atoms with E-state index in [-0.39, 0.29) is 19.3 Å². The Morgan fingerprint density at radius 2 is 1.57 bits per heavy atom. The molecule has 6 atom stereocenters. The van der Waals surface area contributed by atoms with E-state index >= 15 is 0 Å². The van der Waals surface area contributed by atoms with Gasteiger partial charge in [0.05, 0.1) is 25.9 Å². The van der Waals surface area contributed by atoms with E-state index in [0.29, 0.717) is 6.61 Å². The van der Waals surface area contributed by atoms with Gasteiger partial charge in [0.1, 0.15) is 24.4 Å². The Morgan fingerprint density at radius 1 is 0.967 bits per heavy atom. The molecule has 0 spiro atoms. The topological polar surface area (TPSA) is 77.4 Å². The van der Waals surface area contributed by atoms with E-state index in [1.165, 1.54) is 0 Å². The van der Waals surface area contributed by atoms with Crippen LogP contribution in [0.25, 0.3) is 0 Å². The number of hydrogen-bond acceptors (Lipinski definition) is 6. The van der Waals surface area contributed by atoms with Gasteiger partial charge in [0, 0.05) is 0 Å². The molecule has 1 aliphatic rings. The molecule has 6 nitrogen and oxygen atoms in total. The van der Waals surface area contributed by atoms with Gasteiger partial charge in [-0.3, -0.25) is 0 Å². The third-order valence-electron chi connectivity index (χ3n) is 5.00. The largest absolute Gasteiger partial charge is 0.387 e. The van der Waals surface area contributed by atoms with Crippen LogP contribution in [0.2, 0.25) is 0 Å². The van der Waals surface area contributed by atoms with E-state index < -0.39 is 30.7 Å². The standard InChI is InChI=1S/C24H30O6/c1-3-17(2)29-24-23(28-15-19-12-8-5-9-13-19)22(26)21(25)20(30-24)16-27-14-18-10-6-4-7-11-18/h3-13,17,20-26H,1,14-16H2,2H3/t17?,20-,21+,22+,23-,24-/m1/s1. The van der Waals surface area contributed by atoms with Crippen LogP contribution in [0.5, 0.6) is 0 Å². The molecular weight excluding hydrogens is 384 g/mol. The molecule has 6 heteroatoms. The van der Waals surface area contributed by atoms with Gasteiger partial charge in [-0.1, -0.05) is 66.7 Å². The Kier molecular flexibility index (Phi) is 8.57. The lowest BCUT2D eigenvalue weighted by Gasteiger charge is -2.42. The Bertz CT molecular complexity index is 751. The summed E-state index contributed by atoms with van der Waals surface area (Å²) in [4.78, 5) is 0. The van der Waals surface area contributed by atoms with Gasteiger partial charge in [-0.2, -0.15) is 0 Å². The van der Waals surface area contributed by atoms with E-state index in [1.54, 1.807) is 6.08 Å². The molecule has 1 heterocycles. The Balaban J connectivity index is 1.62. The highest BCUT2D eigenvalue weighted by molar-refractivity contribution is 5.14. The van der Waals surface area contributed by atoms with Crippen LogP contribution in [0.3, 0.4) is 0 Å². The molecule has 0 bridgehead atoms. The third kappa shape index (κ3) is 6.22. The molecule has 30 heavy (non-hydrogen) atoms. The highest BCUT2D eigenvalue weighted by Gasteiger charge is 2.46. The Labute approximate surface area is 177 Å². The summed E-state index contributed by atoms with van der Waals surface area (Å²) in [6.07, 6.45) is -3.50. The number of aliphatic hydroxyl groups is 2. The van der Waals surface area contributed by atoms with E-state index in [1.807, 2.05) is 67.6 Å². The fourth-order valence-electron chi connectivity index (χ4n) is 3.23. The molecule has 1 aliphatic heterocycles. The summed E-state index contributed by atoms with van der Waals surface area (Å²) in [6.45, 7) is 6.30. The van der Waals surface area contributed by atoms with Crippen LogP contribution in [0.1, 0.15) is 18.1 Å². The normalized spacial score (nSPS) is 27.5. The lowest BCUT2D eigenvalue weighted by Crippen LogP contribution is -2.60. The second-order valence-corrected chi connectivity index (χ2v) is 7.36. The number of aliphatic hydroxyl groups excluding tert-OH is 2. The fraction of sp³-hybridized carbons (Fsp3) is 0.417. The Hall–Kier alpha value is -2.06. The van der Waals surface area contributed by atoms with Crippen molar-refractivity contribution in [2.24, 2.45) is 0 Å². The van der Waals surface area contributed by atoms with Crippen molar-refractivity contribution in [2.45, 2.75) is 56.9 Å². The maximum atomic E-state index is 10.7. The SMILES string of the molecule is C=CC(C)O[C@@H]1O[C@H](COCc2ccccc2)[C@H](O)[C@H](O)[C@H]1OCc1ccccc1. The van der Waals surface area contributed by atoms with Gasteiger partial charge in [0.2, 0.25) is 0 Å². The van der Waals surface area contributed by atoms with E-state index in [2.05, 4.69) is 6.58 Å². The van der Waals surface area contributed by atoms with Crippen LogP contribution in [0.15, 0.2) is 73.3 Å². The van der Waals surface area contributed by atoms with Crippen molar-refractivity contribution >= 4 is 0 Å². The number of rotatable bonds is 10. The minimum atomic E-state index is -1.19. The molecule has 2 N–H and O–H groups in total. The second kappa shape index (κ2) is 11.4. The molecular formula is C24H30O6. The monoisotopic (exact) mass is 414 g/mol. The summed E-state index contributed by atoms with van der Waals surface area (Å²) in [5, 5.41) is 21.3. The maximum Gasteiger partial charge on any atom is 0.187 e. The van der Waals surface area contributed by atoms with E-state index in [4.69, 9.17) is 18.9 Å². The number of hydrogen-bond donors (Lipinski definition) is 2. The van der Waals surface area contributed by atoms with Gasteiger partial charge < -0.3 is 29.2 Å². The van der Waals surface area contributed by atoms with Gasteiger partial charge in [0.15, 0.2) is 6.29 Å². The van der Waals surface area contributed by atoms with Crippen molar-refractivity contribution in [3.8, 4) is 0 Å². The quantitative estimate of drug-likeness (QED) is 0.582. The molecule has 162 valence electrons. The highest BCUT2D eigenvalue weighted by Crippen LogP contribution is 2.27. The van der Waals surface area contributed by atoms with Crippen LogP contribution in [0.4, 0.5) is 0 Å². The zero-order valence-corrected chi connectivity index (χ0v) is 17.2. The molecule has 1 unspecified atom stereocenters. The second-order valence-electron chi connectivity index (χ2n) is 7.36. The number of ether oxygens (including phenoxy) is 4. The zero-order chi connectivity index (χ0) is 21.3. The lowest BCUT2D eigenvalue weighted by molar-refractivity contribution is -0.318. The van der Waals surface area contributed by atoms with E-state index in [0.717, 1.165) is 11.1 Å². The average molecular weight is 414 g/mol. The van der Waals surface area contributed by atoms with Crippen LogP contribution < -0.4 is 0 Å². The number of benzene rings is 2. The van der Waals surface area contributed by atoms with Gasteiger partial charge in [-0.25, -0.2) is 0 Å². The van der Waals surface area contributed by atoms with Crippen molar-refractivity contribution in [1.29, 1.82) is 0 Å². The molecule has 2 aromatic rings. The lowest BCUT2D eigenvalue weighted by atomic mass is 9.99. The highest BCUT2D eigenvalue weighted by atomic mass is 16.7. The van der Waals surface area contributed by atoms with Crippen molar-refractivity contribution in [2.75, 3.05) is 6.61 Å². The maximum absolute atomic E-state index is 10.7. The van der Waals surface area contributed by atoms with E-state index in [9.17, 15) is 10.2 Å². The summed E-state index contributed by atoms with van der Waals surface area (Å²) in [5.41, 5.74) is 1.96. The molecule has 0 saturated carbocycles. The minimum absolute atomic E-state index is 0.112. The van der Waals surface area contributed by atoms with Crippen LogP contribution >= 0.6 is 0 Å². The smallest absolute Gasteiger partial charge is 0.187 e. The van der Waals surface area contributed by atoms with Crippen molar-refractivity contribution in [3.63, 3.8) is 0 Å². The summed E-state index contributed by atoms with van der Waals surface area (Å²) >= 11 is 0. The average Bonchev–Trinajstić information content (AvgIpc) is 2.78. The molecule has 2 aromatic carbocycles. The first-order chi connectivity index (χ1) is 14.6. The van der Waals surface area contributed by atoms with Crippen molar-refractivity contribution in [3.05, 3.63) is 84.4 Å². The van der Waals surface area contributed by atoms with Crippen LogP contribution in [-0.2, 0) is 32.2 Å². The molecule has 1 fully saturated rings. The summed E-state index contributed by atoms with van der Waals surface area (Å²) < 4.78 is 23.4. The predicted octanol–water partition coefficient (Wildman–Crippen LogP) is 2.83. The first-order valence-corrected chi connectivity index (χ1v) is 10.1. The molecule has 0 aromatic heterocycles. The predicted molar refractivity (Wildman–Crippen MR) is 113 cm³/mol. The summed E-state index contributed by atoms with van der Waals surface area (Å²) in [6, 6.07) is 19.3. The van der Waals surface area contributed by atoms with Gasteiger partial charge >= 0.3 is 0 Å². The van der Waals surface area contributed by atoms with Crippen molar-refractivity contribution in [1.82, 2.24) is 0 Å². The van der Waals surface area contributed by atoms with Crippen LogP contribution in [-0.4, -0.2) is 53.6 Å². The molecule has 3 rings (SSSR count). The van der Waals surface area contributed by atoms with Gasteiger partial charge in [-0.05, 0) is 18.1 Å². The molecule has 0 amide bonds. The minimum Gasteiger partial charge on any atom is -0.387 e.